The molecule has 0 heterocycles. The van der Waals surface area contributed by atoms with Crippen molar-refractivity contribution < 1.29 is 22.3 Å². The van der Waals surface area contributed by atoms with Crippen LogP contribution >= 0.6 is 0 Å². The fraction of sp³-hybridized carbons (Fsp3) is 0.364. The van der Waals surface area contributed by atoms with E-state index in [1.54, 1.807) is 6.92 Å². The lowest BCUT2D eigenvalue weighted by Crippen LogP contribution is -2.13. The maximum absolute atomic E-state index is 12.6. The molecular formula is C11H13FO4S. The molecule has 0 saturated carbocycles. The molecule has 0 unspecified atom stereocenters. The van der Waals surface area contributed by atoms with Crippen LogP contribution in [-0.2, 0) is 19.4 Å². The van der Waals surface area contributed by atoms with Crippen LogP contribution < -0.4 is 0 Å². The normalized spacial score (nSPS) is 11.2. The molecule has 17 heavy (non-hydrogen) atoms. The number of esters is 1. The number of rotatable bonds is 5. The average Bonchev–Trinajstić information content (AvgIpc) is 2.28. The maximum Gasteiger partial charge on any atom is 0.306 e. The first-order valence-corrected chi connectivity index (χ1v) is 6.75. The molecule has 0 saturated heterocycles. The van der Waals surface area contributed by atoms with Gasteiger partial charge < -0.3 is 4.74 Å². The lowest BCUT2D eigenvalue weighted by Gasteiger charge is -2.04. The number of carbonyl (C=O) groups is 1. The third kappa shape index (κ3) is 4.14. The van der Waals surface area contributed by atoms with Crippen LogP contribution in [0.3, 0.4) is 0 Å². The summed E-state index contributed by atoms with van der Waals surface area (Å²) >= 11 is 0. The van der Waals surface area contributed by atoms with Gasteiger partial charge in [-0.2, -0.15) is 0 Å². The quantitative estimate of drug-likeness (QED) is 0.595. The van der Waals surface area contributed by atoms with Crippen molar-refractivity contribution in [3.05, 3.63) is 30.1 Å². The van der Waals surface area contributed by atoms with Crippen molar-refractivity contribution in [3.63, 3.8) is 0 Å². The Kier molecular flexibility index (Phi) is 4.62. The van der Waals surface area contributed by atoms with Crippen LogP contribution in [0, 0.1) is 5.82 Å². The zero-order valence-corrected chi connectivity index (χ0v) is 10.2. The first kappa shape index (κ1) is 13.6. The molecule has 0 N–H and O–H groups in total. The largest absolute Gasteiger partial charge is 0.466 e. The molecule has 0 aliphatic carbocycles. The number of halogens is 1. The van der Waals surface area contributed by atoms with Crippen LogP contribution in [-0.4, -0.2) is 26.7 Å². The smallest absolute Gasteiger partial charge is 0.306 e. The molecule has 0 radical (unpaired) electrons. The fourth-order valence-electron chi connectivity index (χ4n) is 1.21. The number of carbonyl (C=O) groups excluding carboxylic acids is 1. The van der Waals surface area contributed by atoms with Crippen LogP contribution in [0.25, 0.3) is 0 Å². The van der Waals surface area contributed by atoms with Crippen LogP contribution in [0.5, 0.6) is 0 Å². The summed E-state index contributed by atoms with van der Waals surface area (Å²) in [6, 6.07) is 4.49. The number of hydrogen-bond donors (Lipinski definition) is 0. The minimum atomic E-state index is -3.56. The summed E-state index contributed by atoms with van der Waals surface area (Å²) in [5, 5.41) is 0. The second-order valence-corrected chi connectivity index (χ2v) is 5.44. The van der Waals surface area contributed by atoms with E-state index >= 15 is 0 Å². The van der Waals surface area contributed by atoms with Crippen LogP contribution in [0.15, 0.2) is 29.2 Å². The zero-order chi connectivity index (χ0) is 12.9. The highest BCUT2D eigenvalue weighted by Crippen LogP contribution is 2.12. The number of sulfone groups is 1. The summed E-state index contributed by atoms with van der Waals surface area (Å²) in [5.74, 6) is -1.40. The van der Waals surface area contributed by atoms with Crippen molar-refractivity contribution in [2.24, 2.45) is 0 Å². The summed E-state index contributed by atoms with van der Waals surface area (Å²) < 4.78 is 40.7. The van der Waals surface area contributed by atoms with Crippen LogP contribution in [0.2, 0.25) is 0 Å². The van der Waals surface area contributed by atoms with Gasteiger partial charge in [0, 0.05) is 0 Å². The Labute approximate surface area is 99.3 Å². The topological polar surface area (TPSA) is 60.4 Å². The van der Waals surface area contributed by atoms with Crippen molar-refractivity contribution >= 4 is 15.8 Å². The molecule has 0 bridgehead atoms. The molecule has 0 aliphatic heterocycles. The monoisotopic (exact) mass is 260 g/mol. The standard InChI is InChI=1S/C11H13FO4S/c1-2-16-11(13)7-8-17(14,15)10-5-3-9(12)4-6-10/h3-6H,2,7-8H2,1H3. The first-order valence-electron chi connectivity index (χ1n) is 5.09. The number of hydrogen-bond acceptors (Lipinski definition) is 4. The number of ether oxygens (including phenoxy) is 1. The Morgan fingerprint density at radius 3 is 2.41 bits per heavy atom. The SMILES string of the molecule is CCOC(=O)CCS(=O)(=O)c1ccc(F)cc1. The van der Waals surface area contributed by atoms with Crippen molar-refractivity contribution in [2.45, 2.75) is 18.2 Å². The Hall–Kier alpha value is -1.43. The van der Waals surface area contributed by atoms with Gasteiger partial charge in [-0.05, 0) is 31.2 Å². The summed E-state index contributed by atoms with van der Waals surface area (Å²) in [5.41, 5.74) is 0. The zero-order valence-electron chi connectivity index (χ0n) is 9.35. The molecule has 0 aliphatic rings. The molecule has 6 heteroatoms. The van der Waals surface area contributed by atoms with Gasteiger partial charge in [0.1, 0.15) is 5.82 Å². The molecule has 0 atom stereocenters. The van der Waals surface area contributed by atoms with Crippen molar-refractivity contribution in [2.75, 3.05) is 12.4 Å². The summed E-state index contributed by atoms with van der Waals surface area (Å²) in [4.78, 5) is 11.0. The van der Waals surface area contributed by atoms with Gasteiger partial charge in [0.25, 0.3) is 0 Å². The lowest BCUT2D eigenvalue weighted by molar-refractivity contribution is -0.142. The highest BCUT2D eigenvalue weighted by Gasteiger charge is 2.16. The van der Waals surface area contributed by atoms with E-state index in [4.69, 9.17) is 0 Å². The summed E-state index contributed by atoms with van der Waals surface area (Å²) in [6.45, 7) is 1.86. The predicted octanol–water partition coefficient (Wildman–Crippen LogP) is 1.55. The maximum atomic E-state index is 12.6. The molecule has 94 valence electrons. The minimum Gasteiger partial charge on any atom is -0.466 e. The van der Waals surface area contributed by atoms with Gasteiger partial charge in [-0.15, -0.1) is 0 Å². The molecule has 0 amide bonds. The van der Waals surface area contributed by atoms with Gasteiger partial charge in [-0.3, -0.25) is 4.79 Å². The van der Waals surface area contributed by atoms with Gasteiger partial charge >= 0.3 is 5.97 Å². The van der Waals surface area contributed by atoms with Gasteiger partial charge in [-0.25, -0.2) is 12.8 Å². The van der Waals surface area contributed by atoms with Gasteiger partial charge in [0.05, 0.1) is 23.7 Å². The summed E-state index contributed by atoms with van der Waals surface area (Å²) in [7, 11) is -3.56. The van der Waals surface area contributed by atoms with E-state index in [-0.39, 0.29) is 23.7 Å². The van der Waals surface area contributed by atoms with Gasteiger partial charge in [0.2, 0.25) is 0 Å². The second kappa shape index (κ2) is 5.77. The Bertz CT molecular complexity index is 479. The van der Waals surface area contributed by atoms with E-state index in [1.807, 2.05) is 0 Å². The molecule has 0 spiro atoms. The van der Waals surface area contributed by atoms with Gasteiger partial charge in [-0.1, -0.05) is 0 Å². The predicted molar refractivity (Wildman–Crippen MR) is 59.7 cm³/mol. The van der Waals surface area contributed by atoms with E-state index in [9.17, 15) is 17.6 Å². The third-order valence-corrected chi connectivity index (χ3v) is 3.78. The fourth-order valence-corrected chi connectivity index (χ4v) is 2.43. The minimum absolute atomic E-state index is 0.00296. The highest BCUT2D eigenvalue weighted by molar-refractivity contribution is 7.91. The van der Waals surface area contributed by atoms with Crippen molar-refractivity contribution in [3.8, 4) is 0 Å². The average molecular weight is 260 g/mol. The van der Waals surface area contributed by atoms with E-state index in [0.29, 0.717) is 0 Å². The van der Waals surface area contributed by atoms with E-state index in [0.717, 1.165) is 12.1 Å². The molecule has 0 fully saturated rings. The molecule has 0 aromatic heterocycles. The Morgan fingerprint density at radius 1 is 1.29 bits per heavy atom. The molecule has 1 rings (SSSR count). The highest BCUT2D eigenvalue weighted by atomic mass is 32.2. The first-order chi connectivity index (χ1) is 7.95. The Balaban J connectivity index is 2.69. The molecular weight excluding hydrogens is 247 g/mol. The van der Waals surface area contributed by atoms with Crippen molar-refractivity contribution in [1.82, 2.24) is 0 Å². The Morgan fingerprint density at radius 2 is 1.88 bits per heavy atom. The van der Waals surface area contributed by atoms with E-state index in [1.165, 1.54) is 12.1 Å². The van der Waals surface area contributed by atoms with Crippen LogP contribution in [0.1, 0.15) is 13.3 Å². The third-order valence-electron chi connectivity index (χ3n) is 2.05. The van der Waals surface area contributed by atoms with E-state index in [2.05, 4.69) is 4.74 Å². The van der Waals surface area contributed by atoms with Crippen molar-refractivity contribution in [1.29, 1.82) is 0 Å². The number of benzene rings is 1. The molecule has 4 nitrogen and oxygen atoms in total. The van der Waals surface area contributed by atoms with Gasteiger partial charge in [0.15, 0.2) is 9.84 Å². The lowest BCUT2D eigenvalue weighted by atomic mass is 10.4. The van der Waals surface area contributed by atoms with E-state index < -0.39 is 21.6 Å². The summed E-state index contributed by atoms with van der Waals surface area (Å²) in [6.07, 6.45) is -0.201. The van der Waals surface area contributed by atoms with Crippen LogP contribution in [0.4, 0.5) is 4.39 Å². The second-order valence-electron chi connectivity index (χ2n) is 3.33. The molecule has 1 aromatic carbocycles. The molecule has 1 aromatic rings.